The second-order valence-corrected chi connectivity index (χ2v) is 5.19. The van der Waals surface area contributed by atoms with Gasteiger partial charge in [0.05, 0.1) is 0 Å². The topological polar surface area (TPSA) is 46.9 Å². The van der Waals surface area contributed by atoms with Crippen LogP contribution in [0.3, 0.4) is 0 Å². The Kier molecular flexibility index (Phi) is 4.56. The molecular formula is C16H21N3O. The Bertz CT molecular complexity index is 632. The summed E-state index contributed by atoms with van der Waals surface area (Å²) in [4.78, 5) is 16.3. The largest absolute Gasteiger partial charge is 0.365 e. The number of rotatable bonds is 5. The zero-order chi connectivity index (χ0) is 14.5. The van der Waals surface area contributed by atoms with Crippen LogP contribution in [0.5, 0.6) is 0 Å². The second kappa shape index (κ2) is 6.37. The Morgan fingerprint density at radius 3 is 2.75 bits per heavy atom. The molecule has 0 bridgehead atoms. The summed E-state index contributed by atoms with van der Waals surface area (Å²) >= 11 is 0. The molecule has 1 aromatic heterocycles. The first-order valence-corrected chi connectivity index (χ1v) is 6.95. The lowest BCUT2D eigenvalue weighted by Gasteiger charge is -2.12. The number of aryl methyl sites for hydroxylation is 1. The maximum atomic E-state index is 12.2. The van der Waals surface area contributed by atoms with Crippen molar-refractivity contribution in [3.05, 3.63) is 58.1 Å². The molecule has 1 N–H and O–H groups in total. The number of benzene rings is 1. The first-order valence-electron chi connectivity index (χ1n) is 6.95. The number of aromatic nitrogens is 2. The maximum absolute atomic E-state index is 12.2. The quantitative estimate of drug-likeness (QED) is 0.909. The Balaban J connectivity index is 2.04. The molecule has 0 atom stereocenters. The lowest BCUT2D eigenvalue weighted by atomic mass is 10.1. The third-order valence-corrected chi connectivity index (χ3v) is 3.37. The molecule has 0 spiro atoms. The number of hydrogen-bond donors (Lipinski definition) is 1. The lowest BCUT2D eigenvalue weighted by Crippen LogP contribution is -2.26. The fourth-order valence-electron chi connectivity index (χ4n) is 2.16. The van der Waals surface area contributed by atoms with Crippen LogP contribution in [0.1, 0.15) is 31.0 Å². The molecule has 106 valence electrons. The van der Waals surface area contributed by atoms with Gasteiger partial charge in [-0.15, -0.1) is 0 Å². The molecular weight excluding hydrogens is 250 g/mol. The Labute approximate surface area is 119 Å². The predicted octanol–water partition coefficient (Wildman–Crippen LogP) is 2.79. The van der Waals surface area contributed by atoms with Crippen LogP contribution < -0.4 is 10.9 Å². The van der Waals surface area contributed by atoms with Crippen molar-refractivity contribution in [3.8, 4) is 0 Å². The summed E-state index contributed by atoms with van der Waals surface area (Å²) in [6.45, 7) is 6.77. The van der Waals surface area contributed by atoms with E-state index in [1.54, 1.807) is 17.0 Å². The van der Waals surface area contributed by atoms with E-state index in [1.807, 2.05) is 26.0 Å². The van der Waals surface area contributed by atoms with E-state index >= 15 is 0 Å². The van der Waals surface area contributed by atoms with Gasteiger partial charge < -0.3 is 9.88 Å². The van der Waals surface area contributed by atoms with E-state index in [9.17, 15) is 4.79 Å². The van der Waals surface area contributed by atoms with Crippen molar-refractivity contribution in [1.82, 2.24) is 9.55 Å². The van der Waals surface area contributed by atoms with Gasteiger partial charge in [-0.3, -0.25) is 4.79 Å². The highest BCUT2D eigenvalue weighted by molar-refractivity contribution is 5.32. The van der Waals surface area contributed by atoms with Crippen LogP contribution in [0.25, 0.3) is 0 Å². The van der Waals surface area contributed by atoms with Crippen molar-refractivity contribution in [1.29, 1.82) is 0 Å². The molecule has 0 saturated heterocycles. The van der Waals surface area contributed by atoms with Crippen molar-refractivity contribution in [2.45, 2.75) is 33.2 Å². The van der Waals surface area contributed by atoms with E-state index in [-0.39, 0.29) is 11.6 Å². The minimum absolute atomic E-state index is 0.0627. The van der Waals surface area contributed by atoms with Gasteiger partial charge in [0, 0.05) is 25.0 Å². The number of nitrogens with zero attached hydrogens (tertiary/aromatic N) is 2. The van der Waals surface area contributed by atoms with Gasteiger partial charge in [0.1, 0.15) is 0 Å². The molecule has 0 radical (unpaired) electrons. The maximum Gasteiger partial charge on any atom is 0.293 e. The number of hydrogen-bond acceptors (Lipinski definition) is 3. The molecule has 0 aliphatic heterocycles. The smallest absolute Gasteiger partial charge is 0.293 e. The average molecular weight is 271 g/mol. The van der Waals surface area contributed by atoms with E-state index < -0.39 is 0 Å². The van der Waals surface area contributed by atoms with Crippen LogP contribution in [-0.4, -0.2) is 16.1 Å². The van der Waals surface area contributed by atoms with Gasteiger partial charge in [-0.1, -0.05) is 24.3 Å². The SMILES string of the molecule is Cc1ccccc1CCNc1nccn(C(C)C)c1=O. The molecule has 4 nitrogen and oxygen atoms in total. The first-order chi connectivity index (χ1) is 9.59. The molecule has 2 aromatic rings. The summed E-state index contributed by atoms with van der Waals surface area (Å²) in [5.74, 6) is 0.426. The zero-order valence-electron chi connectivity index (χ0n) is 12.3. The molecule has 0 aliphatic carbocycles. The number of anilines is 1. The molecule has 0 unspecified atom stereocenters. The number of nitrogens with one attached hydrogen (secondary N) is 1. The molecule has 0 amide bonds. The molecule has 1 aromatic carbocycles. The van der Waals surface area contributed by atoms with Crippen molar-refractivity contribution in [2.24, 2.45) is 0 Å². The van der Waals surface area contributed by atoms with E-state index in [2.05, 4.69) is 29.4 Å². The van der Waals surface area contributed by atoms with E-state index in [4.69, 9.17) is 0 Å². The van der Waals surface area contributed by atoms with Crippen LogP contribution >= 0.6 is 0 Å². The molecule has 20 heavy (non-hydrogen) atoms. The minimum Gasteiger partial charge on any atom is -0.365 e. The van der Waals surface area contributed by atoms with Gasteiger partial charge in [0.25, 0.3) is 5.56 Å². The van der Waals surface area contributed by atoms with Gasteiger partial charge in [0.2, 0.25) is 0 Å². The third kappa shape index (κ3) is 3.26. The van der Waals surface area contributed by atoms with Crippen molar-refractivity contribution < 1.29 is 0 Å². The van der Waals surface area contributed by atoms with Crippen molar-refractivity contribution in [2.75, 3.05) is 11.9 Å². The first kappa shape index (κ1) is 14.3. The normalized spacial score (nSPS) is 10.8. The Morgan fingerprint density at radius 2 is 2.05 bits per heavy atom. The van der Waals surface area contributed by atoms with Crippen LogP contribution in [0, 0.1) is 6.92 Å². The summed E-state index contributed by atoms with van der Waals surface area (Å²) in [5.41, 5.74) is 2.50. The summed E-state index contributed by atoms with van der Waals surface area (Å²) < 4.78 is 1.68. The van der Waals surface area contributed by atoms with Crippen LogP contribution in [-0.2, 0) is 6.42 Å². The molecule has 0 aliphatic rings. The summed E-state index contributed by atoms with van der Waals surface area (Å²) in [5, 5.41) is 3.14. The molecule has 2 rings (SSSR count). The van der Waals surface area contributed by atoms with Gasteiger partial charge in [-0.25, -0.2) is 4.98 Å². The highest BCUT2D eigenvalue weighted by Crippen LogP contribution is 2.08. The van der Waals surface area contributed by atoms with E-state index in [0.717, 1.165) is 6.42 Å². The molecule has 4 heteroatoms. The Hall–Kier alpha value is -2.10. The van der Waals surface area contributed by atoms with Crippen LogP contribution in [0.4, 0.5) is 5.82 Å². The second-order valence-electron chi connectivity index (χ2n) is 5.19. The zero-order valence-corrected chi connectivity index (χ0v) is 12.3. The van der Waals surface area contributed by atoms with Crippen molar-refractivity contribution in [3.63, 3.8) is 0 Å². The minimum atomic E-state index is -0.0627. The van der Waals surface area contributed by atoms with Gasteiger partial charge in [0.15, 0.2) is 5.82 Å². The van der Waals surface area contributed by atoms with Crippen molar-refractivity contribution >= 4 is 5.82 Å². The fourth-order valence-corrected chi connectivity index (χ4v) is 2.16. The monoisotopic (exact) mass is 271 g/mol. The van der Waals surface area contributed by atoms with Gasteiger partial charge >= 0.3 is 0 Å². The highest BCUT2D eigenvalue weighted by atomic mass is 16.1. The average Bonchev–Trinajstić information content (AvgIpc) is 2.42. The highest BCUT2D eigenvalue weighted by Gasteiger charge is 2.06. The molecule has 0 fully saturated rings. The Morgan fingerprint density at radius 1 is 1.30 bits per heavy atom. The van der Waals surface area contributed by atoms with Crippen LogP contribution in [0.15, 0.2) is 41.5 Å². The van der Waals surface area contributed by atoms with Gasteiger partial charge in [-0.05, 0) is 38.3 Å². The molecule has 0 saturated carbocycles. The van der Waals surface area contributed by atoms with E-state index in [0.29, 0.717) is 12.4 Å². The summed E-state index contributed by atoms with van der Waals surface area (Å²) in [7, 11) is 0. The van der Waals surface area contributed by atoms with E-state index in [1.165, 1.54) is 11.1 Å². The molecule has 1 heterocycles. The standard InChI is InChI=1S/C16H21N3O/c1-12(2)19-11-10-18-15(16(19)20)17-9-8-14-7-5-4-6-13(14)3/h4-7,10-12H,8-9H2,1-3H3,(H,17,18). The third-order valence-electron chi connectivity index (χ3n) is 3.37. The summed E-state index contributed by atoms with van der Waals surface area (Å²) in [6.07, 6.45) is 4.27. The fraction of sp³-hybridized carbons (Fsp3) is 0.375. The predicted molar refractivity (Wildman–Crippen MR) is 82.3 cm³/mol. The summed E-state index contributed by atoms with van der Waals surface area (Å²) in [6, 6.07) is 8.42. The van der Waals surface area contributed by atoms with Gasteiger partial charge in [-0.2, -0.15) is 0 Å². The lowest BCUT2D eigenvalue weighted by molar-refractivity contribution is 0.575. The van der Waals surface area contributed by atoms with Crippen LogP contribution in [0.2, 0.25) is 0 Å².